The van der Waals surface area contributed by atoms with Crippen molar-refractivity contribution < 1.29 is 9.53 Å². The fourth-order valence-electron chi connectivity index (χ4n) is 2.36. The Hall–Kier alpha value is -0.610. The van der Waals surface area contributed by atoms with Gasteiger partial charge in [0.25, 0.3) is 0 Å². The van der Waals surface area contributed by atoms with Crippen LogP contribution in [0.1, 0.15) is 39.0 Å². The number of likely N-dealkylation sites (tertiary alicyclic amines) is 1. The van der Waals surface area contributed by atoms with Crippen LogP contribution in [-0.2, 0) is 9.53 Å². The number of carbonyl (C=O) groups is 1. The number of nitrogens with one attached hydrogen (secondary N) is 1. The van der Waals surface area contributed by atoms with Gasteiger partial charge in [-0.25, -0.2) is 0 Å². The lowest BCUT2D eigenvalue weighted by Crippen LogP contribution is -2.47. The maximum absolute atomic E-state index is 11.6. The van der Waals surface area contributed by atoms with Crippen molar-refractivity contribution >= 4 is 5.97 Å². The smallest absolute Gasteiger partial charge is 0.324 e. The van der Waals surface area contributed by atoms with Crippen molar-refractivity contribution in [3.8, 4) is 0 Å². The van der Waals surface area contributed by atoms with E-state index in [1.165, 1.54) is 39.2 Å². The number of carbonyl (C=O) groups excluding carboxylic acids is 1. The van der Waals surface area contributed by atoms with E-state index in [0.29, 0.717) is 0 Å². The predicted octanol–water partition coefficient (Wildman–Crippen LogP) is 1.40. The Labute approximate surface area is 105 Å². The Bertz CT molecular complexity index is 213. The molecular formula is C13H26N2O2. The SMILES string of the molecule is CCNC(CN1CCCCCCC1)C(=O)OC. The quantitative estimate of drug-likeness (QED) is 0.740. The number of nitrogens with zero attached hydrogens (tertiary/aromatic N) is 1. The predicted molar refractivity (Wildman–Crippen MR) is 69.0 cm³/mol. The van der Waals surface area contributed by atoms with Crippen molar-refractivity contribution in [3.05, 3.63) is 0 Å². The van der Waals surface area contributed by atoms with Crippen LogP contribution in [0.4, 0.5) is 0 Å². The van der Waals surface area contributed by atoms with Crippen LogP contribution in [0.3, 0.4) is 0 Å². The molecule has 1 N–H and O–H groups in total. The average molecular weight is 242 g/mol. The molecule has 1 aliphatic rings. The first-order valence-corrected chi connectivity index (χ1v) is 6.81. The number of esters is 1. The Morgan fingerprint density at radius 2 is 1.82 bits per heavy atom. The van der Waals surface area contributed by atoms with Gasteiger partial charge in [0.05, 0.1) is 7.11 Å². The standard InChI is InChI=1S/C13H26N2O2/c1-3-14-12(13(16)17-2)11-15-9-7-5-4-6-8-10-15/h12,14H,3-11H2,1-2H3. The number of likely N-dealkylation sites (N-methyl/N-ethyl adjacent to an activating group) is 1. The van der Waals surface area contributed by atoms with Gasteiger partial charge in [-0.05, 0) is 32.5 Å². The van der Waals surface area contributed by atoms with E-state index in [4.69, 9.17) is 4.74 Å². The largest absolute Gasteiger partial charge is 0.468 e. The van der Waals surface area contributed by atoms with E-state index in [1.807, 2.05) is 6.92 Å². The molecule has 4 heteroatoms. The van der Waals surface area contributed by atoms with Crippen LogP contribution in [0.15, 0.2) is 0 Å². The summed E-state index contributed by atoms with van der Waals surface area (Å²) in [5.41, 5.74) is 0. The molecule has 4 nitrogen and oxygen atoms in total. The summed E-state index contributed by atoms with van der Waals surface area (Å²) in [6.45, 7) is 5.81. The molecule has 1 rings (SSSR count). The second kappa shape index (κ2) is 8.48. The Morgan fingerprint density at radius 3 is 2.35 bits per heavy atom. The van der Waals surface area contributed by atoms with E-state index in [-0.39, 0.29) is 12.0 Å². The Kier molecular flexibility index (Phi) is 7.21. The highest BCUT2D eigenvalue weighted by Crippen LogP contribution is 2.10. The Balaban J connectivity index is 2.42. The summed E-state index contributed by atoms with van der Waals surface area (Å²) >= 11 is 0. The van der Waals surface area contributed by atoms with Crippen molar-refractivity contribution in [2.45, 2.75) is 45.1 Å². The molecule has 0 aromatic rings. The highest BCUT2D eigenvalue weighted by molar-refractivity contribution is 5.75. The number of methoxy groups -OCH3 is 1. The summed E-state index contributed by atoms with van der Waals surface area (Å²) in [7, 11) is 1.46. The number of ether oxygens (including phenoxy) is 1. The highest BCUT2D eigenvalue weighted by Gasteiger charge is 2.21. The van der Waals surface area contributed by atoms with Crippen LogP contribution in [0.2, 0.25) is 0 Å². The maximum Gasteiger partial charge on any atom is 0.324 e. The molecule has 0 aromatic carbocycles. The van der Waals surface area contributed by atoms with E-state index in [2.05, 4.69) is 10.2 Å². The molecule has 0 aromatic heterocycles. The van der Waals surface area contributed by atoms with Gasteiger partial charge in [0.15, 0.2) is 0 Å². The van der Waals surface area contributed by atoms with Gasteiger partial charge in [-0.1, -0.05) is 26.2 Å². The summed E-state index contributed by atoms with van der Waals surface area (Å²) in [6.07, 6.45) is 6.50. The van der Waals surface area contributed by atoms with E-state index >= 15 is 0 Å². The first-order chi connectivity index (χ1) is 8.27. The molecule has 1 atom stereocenters. The molecule has 1 fully saturated rings. The van der Waals surface area contributed by atoms with E-state index < -0.39 is 0 Å². The minimum absolute atomic E-state index is 0.145. The van der Waals surface area contributed by atoms with Gasteiger partial charge in [-0.3, -0.25) is 4.79 Å². The van der Waals surface area contributed by atoms with E-state index in [1.54, 1.807) is 0 Å². The molecule has 0 spiro atoms. The van der Waals surface area contributed by atoms with Crippen LogP contribution in [0.25, 0.3) is 0 Å². The lowest BCUT2D eigenvalue weighted by molar-refractivity contribution is -0.143. The fourth-order valence-corrected chi connectivity index (χ4v) is 2.36. The van der Waals surface area contributed by atoms with E-state index in [9.17, 15) is 4.79 Å². The molecule has 100 valence electrons. The molecule has 0 amide bonds. The number of hydrogen-bond acceptors (Lipinski definition) is 4. The number of hydrogen-bond donors (Lipinski definition) is 1. The van der Waals surface area contributed by atoms with Crippen LogP contribution in [-0.4, -0.2) is 50.2 Å². The normalized spacial score (nSPS) is 20.4. The zero-order valence-electron chi connectivity index (χ0n) is 11.2. The van der Waals surface area contributed by atoms with Gasteiger partial charge in [-0.15, -0.1) is 0 Å². The molecule has 0 radical (unpaired) electrons. The lowest BCUT2D eigenvalue weighted by Gasteiger charge is -2.28. The molecule has 1 heterocycles. The third-order valence-electron chi connectivity index (χ3n) is 3.33. The highest BCUT2D eigenvalue weighted by atomic mass is 16.5. The van der Waals surface area contributed by atoms with Crippen molar-refractivity contribution in [2.24, 2.45) is 0 Å². The van der Waals surface area contributed by atoms with Crippen LogP contribution in [0.5, 0.6) is 0 Å². The first kappa shape index (κ1) is 14.5. The van der Waals surface area contributed by atoms with Gasteiger partial charge in [-0.2, -0.15) is 0 Å². The van der Waals surface area contributed by atoms with E-state index in [0.717, 1.165) is 26.2 Å². The van der Waals surface area contributed by atoms with Gasteiger partial charge in [0, 0.05) is 6.54 Å². The lowest BCUT2D eigenvalue weighted by atomic mass is 10.1. The van der Waals surface area contributed by atoms with Gasteiger partial charge < -0.3 is 15.0 Å². The Morgan fingerprint density at radius 1 is 1.24 bits per heavy atom. The molecule has 17 heavy (non-hydrogen) atoms. The molecule has 1 unspecified atom stereocenters. The monoisotopic (exact) mass is 242 g/mol. The summed E-state index contributed by atoms with van der Waals surface area (Å²) in [6, 6.07) is -0.176. The molecule has 1 saturated heterocycles. The van der Waals surface area contributed by atoms with Crippen molar-refractivity contribution in [1.82, 2.24) is 10.2 Å². The van der Waals surface area contributed by atoms with Crippen LogP contribution < -0.4 is 5.32 Å². The summed E-state index contributed by atoms with van der Waals surface area (Å²) < 4.78 is 4.83. The molecule has 0 aliphatic carbocycles. The molecule has 1 aliphatic heterocycles. The topological polar surface area (TPSA) is 41.6 Å². The minimum atomic E-state index is -0.176. The zero-order valence-corrected chi connectivity index (χ0v) is 11.2. The van der Waals surface area contributed by atoms with Gasteiger partial charge in [0.1, 0.15) is 6.04 Å². The van der Waals surface area contributed by atoms with Crippen LogP contribution >= 0.6 is 0 Å². The average Bonchev–Trinajstić information content (AvgIpc) is 2.30. The van der Waals surface area contributed by atoms with Gasteiger partial charge >= 0.3 is 5.97 Å². The summed E-state index contributed by atoms with van der Waals surface area (Å²) in [5, 5.41) is 3.20. The second-order valence-corrected chi connectivity index (χ2v) is 4.70. The zero-order chi connectivity index (χ0) is 12.5. The summed E-state index contributed by atoms with van der Waals surface area (Å²) in [4.78, 5) is 14.0. The summed E-state index contributed by atoms with van der Waals surface area (Å²) in [5.74, 6) is -0.145. The van der Waals surface area contributed by atoms with Crippen molar-refractivity contribution in [2.75, 3.05) is 33.3 Å². The second-order valence-electron chi connectivity index (χ2n) is 4.70. The van der Waals surface area contributed by atoms with Crippen LogP contribution in [0, 0.1) is 0 Å². The molecule has 0 bridgehead atoms. The molecule has 0 saturated carbocycles. The maximum atomic E-state index is 11.6. The van der Waals surface area contributed by atoms with Crippen molar-refractivity contribution in [1.29, 1.82) is 0 Å². The minimum Gasteiger partial charge on any atom is -0.468 e. The third kappa shape index (κ3) is 5.50. The van der Waals surface area contributed by atoms with Gasteiger partial charge in [0.2, 0.25) is 0 Å². The number of rotatable bonds is 5. The third-order valence-corrected chi connectivity index (χ3v) is 3.33. The first-order valence-electron chi connectivity index (χ1n) is 6.81. The van der Waals surface area contributed by atoms with Crippen molar-refractivity contribution in [3.63, 3.8) is 0 Å². The fraction of sp³-hybridized carbons (Fsp3) is 0.923. The molecular weight excluding hydrogens is 216 g/mol.